The summed E-state index contributed by atoms with van der Waals surface area (Å²) in [5.74, 6) is 0. The van der Waals surface area contributed by atoms with E-state index in [1.54, 1.807) is 0 Å². The molecule has 4 aromatic carbocycles. The fourth-order valence-electron chi connectivity index (χ4n) is 3.61. The molecule has 0 aliphatic rings. The van der Waals surface area contributed by atoms with E-state index in [2.05, 4.69) is 101 Å². The van der Waals surface area contributed by atoms with Gasteiger partial charge in [-0.25, -0.2) is 0 Å². The molecule has 0 radical (unpaired) electrons. The van der Waals surface area contributed by atoms with Gasteiger partial charge in [-0.05, 0) is 35.0 Å². The lowest BCUT2D eigenvalue weighted by Gasteiger charge is -1.97. The minimum Gasteiger partial charge on any atom is -0.361 e. The van der Waals surface area contributed by atoms with Crippen LogP contribution in [0.15, 0.2) is 97.2 Å². The number of rotatable bonds is 0. The van der Waals surface area contributed by atoms with Gasteiger partial charge in [0.15, 0.2) is 0 Å². The number of para-hydroxylation sites is 2. The van der Waals surface area contributed by atoms with Gasteiger partial charge in [0.25, 0.3) is 0 Å². The molecule has 2 aromatic heterocycles. The second-order valence-electron chi connectivity index (χ2n) is 6.44. The third-order valence-electron chi connectivity index (χ3n) is 4.87. The van der Waals surface area contributed by atoms with Gasteiger partial charge in [-0.2, -0.15) is 0 Å². The molecule has 0 amide bonds. The molecule has 6 rings (SSSR count). The Hall–Kier alpha value is -3.52. The highest BCUT2D eigenvalue weighted by Crippen LogP contribution is 2.24. The minimum atomic E-state index is 1.21. The maximum atomic E-state index is 3.38. The average molecular weight is 334 g/mol. The van der Waals surface area contributed by atoms with E-state index in [0.29, 0.717) is 0 Å². The molecule has 0 atom stereocenters. The van der Waals surface area contributed by atoms with Gasteiger partial charge >= 0.3 is 0 Å². The Morgan fingerprint density at radius 1 is 0.423 bits per heavy atom. The molecular weight excluding hydrogens is 316 g/mol. The van der Waals surface area contributed by atoms with Crippen LogP contribution < -0.4 is 0 Å². The predicted molar refractivity (Wildman–Crippen MR) is 112 cm³/mol. The molecular formula is C24H18N2. The van der Waals surface area contributed by atoms with Gasteiger partial charge in [0, 0.05) is 38.9 Å². The first-order chi connectivity index (χ1) is 12.9. The number of fused-ring (bicyclic) bond motifs is 6. The molecule has 2 heteroatoms. The Labute approximate surface area is 151 Å². The topological polar surface area (TPSA) is 31.6 Å². The molecule has 0 saturated heterocycles. The smallest absolute Gasteiger partial charge is 0.0464 e. The van der Waals surface area contributed by atoms with Crippen molar-refractivity contribution >= 4 is 43.5 Å². The molecule has 2 nitrogen and oxygen atoms in total. The van der Waals surface area contributed by atoms with Crippen LogP contribution in [0.3, 0.4) is 0 Å². The predicted octanol–water partition coefficient (Wildman–Crippen LogP) is 6.64. The first kappa shape index (κ1) is 14.8. The molecule has 0 unspecified atom stereocenters. The molecule has 0 saturated carbocycles. The van der Waals surface area contributed by atoms with Crippen molar-refractivity contribution in [2.45, 2.75) is 0 Å². The van der Waals surface area contributed by atoms with E-state index >= 15 is 0 Å². The van der Waals surface area contributed by atoms with Crippen molar-refractivity contribution in [3.8, 4) is 0 Å². The number of hydrogen-bond acceptors (Lipinski definition) is 0. The van der Waals surface area contributed by atoms with Crippen LogP contribution in [0.1, 0.15) is 0 Å². The lowest BCUT2D eigenvalue weighted by Crippen LogP contribution is -1.72. The van der Waals surface area contributed by atoms with Crippen molar-refractivity contribution in [3.05, 3.63) is 97.2 Å². The first-order valence-electron chi connectivity index (χ1n) is 8.80. The van der Waals surface area contributed by atoms with E-state index in [1.807, 2.05) is 6.20 Å². The minimum absolute atomic E-state index is 1.21. The SMILES string of the molecule is c1ccc2c(c1)[nH]c1ccccc12.c1ccc2c(c1)ccc1[nH]ccc12. The summed E-state index contributed by atoms with van der Waals surface area (Å²) in [6.07, 6.45) is 1.98. The van der Waals surface area contributed by atoms with Crippen molar-refractivity contribution in [1.29, 1.82) is 0 Å². The molecule has 26 heavy (non-hydrogen) atoms. The summed E-state index contributed by atoms with van der Waals surface area (Å²) in [5, 5.41) is 6.53. The van der Waals surface area contributed by atoms with Gasteiger partial charge in [0.1, 0.15) is 0 Å². The number of aromatic amines is 2. The van der Waals surface area contributed by atoms with E-state index in [1.165, 1.54) is 43.5 Å². The van der Waals surface area contributed by atoms with E-state index in [9.17, 15) is 0 Å². The summed E-state index contributed by atoms with van der Waals surface area (Å²) < 4.78 is 0. The zero-order valence-corrected chi connectivity index (χ0v) is 14.2. The fourth-order valence-corrected chi connectivity index (χ4v) is 3.61. The van der Waals surface area contributed by atoms with Crippen molar-refractivity contribution in [2.75, 3.05) is 0 Å². The molecule has 0 aliphatic carbocycles. The van der Waals surface area contributed by atoms with Crippen molar-refractivity contribution in [3.63, 3.8) is 0 Å². The van der Waals surface area contributed by atoms with Crippen LogP contribution in [-0.2, 0) is 0 Å². The lowest BCUT2D eigenvalue weighted by molar-refractivity contribution is 1.48. The summed E-state index contributed by atoms with van der Waals surface area (Å²) in [6, 6.07) is 31.6. The number of nitrogens with one attached hydrogen (secondary N) is 2. The summed E-state index contributed by atoms with van der Waals surface area (Å²) in [7, 11) is 0. The molecule has 0 fully saturated rings. The Morgan fingerprint density at radius 3 is 1.73 bits per heavy atom. The zero-order valence-electron chi connectivity index (χ0n) is 14.2. The van der Waals surface area contributed by atoms with Crippen LogP contribution in [0, 0.1) is 0 Å². The quantitative estimate of drug-likeness (QED) is 0.312. The third-order valence-corrected chi connectivity index (χ3v) is 4.87. The van der Waals surface area contributed by atoms with Crippen molar-refractivity contribution in [1.82, 2.24) is 9.97 Å². The van der Waals surface area contributed by atoms with Crippen LogP contribution in [0.2, 0.25) is 0 Å². The van der Waals surface area contributed by atoms with E-state index < -0.39 is 0 Å². The molecule has 2 heterocycles. The highest BCUT2D eigenvalue weighted by molar-refractivity contribution is 6.07. The normalized spacial score (nSPS) is 11.1. The summed E-state index contributed by atoms with van der Waals surface area (Å²) in [5.41, 5.74) is 3.63. The highest BCUT2D eigenvalue weighted by atomic mass is 14.7. The average Bonchev–Trinajstić information content (AvgIpc) is 3.33. The van der Waals surface area contributed by atoms with Crippen LogP contribution in [0.25, 0.3) is 43.5 Å². The summed E-state index contributed by atoms with van der Waals surface area (Å²) in [4.78, 5) is 6.59. The van der Waals surface area contributed by atoms with Gasteiger partial charge < -0.3 is 9.97 Å². The Kier molecular flexibility index (Phi) is 3.46. The zero-order chi connectivity index (χ0) is 17.3. The van der Waals surface area contributed by atoms with Gasteiger partial charge in [-0.1, -0.05) is 66.7 Å². The largest absolute Gasteiger partial charge is 0.361 e. The number of benzene rings is 4. The second kappa shape index (κ2) is 6.08. The standard InChI is InChI=1S/2C12H9N/c1-3-7-11-9(5-1)10-6-2-4-8-12(10)13-11;1-2-4-10-9(3-1)5-6-12-11(10)7-8-13-12/h2*1-8,13H. The molecule has 0 spiro atoms. The van der Waals surface area contributed by atoms with Crippen molar-refractivity contribution in [2.24, 2.45) is 0 Å². The molecule has 0 bridgehead atoms. The molecule has 6 aromatic rings. The van der Waals surface area contributed by atoms with Gasteiger partial charge in [-0.15, -0.1) is 0 Å². The maximum Gasteiger partial charge on any atom is 0.0464 e. The molecule has 124 valence electrons. The van der Waals surface area contributed by atoms with E-state index in [0.717, 1.165) is 0 Å². The van der Waals surface area contributed by atoms with Crippen LogP contribution in [0.4, 0.5) is 0 Å². The number of H-pyrrole nitrogens is 2. The Morgan fingerprint density at radius 2 is 1.00 bits per heavy atom. The highest BCUT2D eigenvalue weighted by Gasteiger charge is 2.00. The summed E-state index contributed by atoms with van der Waals surface area (Å²) >= 11 is 0. The van der Waals surface area contributed by atoms with Crippen molar-refractivity contribution < 1.29 is 0 Å². The maximum absolute atomic E-state index is 3.38. The third kappa shape index (κ3) is 2.44. The van der Waals surface area contributed by atoms with Crippen LogP contribution in [0.5, 0.6) is 0 Å². The monoisotopic (exact) mass is 334 g/mol. The lowest BCUT2D eigenvalue weighted by atomic mass is 10.1. The van der Waals surface area contributed by atoms with Crippen LogP contribution >= 0.6 is 0 Å². The molecule has 2 N–H and O–H groups in total. The number of aromatic nitrogens is 2. The second-order valence-corrected chi connectivity index (χ2v) is 6.44. The van der Waals surface area contributed by atoms with Gasteiger partial charge in [0.2, 0.25) is 0 Å². The Bertz CT molecular complexity index is 1280. The van der Waals surface area contributed by atoms with E-state index in [-0.39, 0.29) is 0 Å². The number of hydrogen-bond donors (Lipinski definition) is 2. The fraction of sp³-hybridized carbons (Fsp3) is 0. The Balaban J connectivity index is 0.000000115. The molecule has 0 aliphatic heterocycles. The first-order valence-corrected chi connectivity index (χ1v) is 8.80. The van der Waals surface area contributed by atoms with Gasteiger partial charge in [0.05, 0.1) is 0 Å². The van der Waals surface area contributed by atoms with E-state index in [4.69, 9.17) is 0 Å². The van der Waals surface area contributed by atoms with Crippen LogP contribution in [-0.4, -0.2) is 9.97 Å². The van der Waals surface area contributed by atoms with Gasteiger partial charge in [-0.3, -0.25) is 0 Å². The summed E-state index contributed by atoms with van der Waals surface area (Å²) in [6.45, 7) is 0.